The summed E-state index contributed by atoms with van der Waals surface area (Å²) >= 11 is 12.3. The van der Waals surface area contributed by atoms with Gasteiger partial charge in [0.25, 0.3) is 0 Å². The molecule has 3 aromatic rings. The van der Waals surface area contributed by atoms with Crippen LogP contribution in [0, 0.1) is 17.0 Å². The van der Waals surface area contributed by atoms with E-state index in [1.54, 1.807) is 12.1 Å². The van der Waals surface area contributed by atoms with Crippen molar-refractivity contribution in [3.05, 3.63) is 85.4 Å². The van der Waals surface area contributed by atoms with Gasteiger partial charge in [-0.05, 0) is 54.4 Å². The standard InChI is InChI=1S/C22H15Cl2F3N2O4/c1-12-3-5-15(23)10-17(12)28-11-13-7-16(24)21(20(8-13)32-2)33-19-6-4-14(22(25,26)27)9-18(19)29(30)31/h3-11H,1-2H3. The SMILES string of the molecule is COc1cc(C=Nc2cc(Cl)ccc2C)cc(Cl)c1Oc1ccc(C(F)(F)F)cc1[N+](=O)[O-]. The van der Waals surface area contributed by atoms with Crippen LogP contribution in [0.1, 0.15) is 16.7 Å². The highest BCUT2D eigenvalue weighted by Gasteiger charge is 2.33. The Hall–Kier alpha value is -3.30. The summed E-state index contributed by atoms with van der Waals surface area (Å²) in [6.45, 7) is 1.87. The van der Waals surface area contributed by atoms with Gasteiger partial charge in [-0.15, -0.1) is 0 Å². The van der Waals surface area contributed by atoms with E-state index in [1.165, 1.54) is 25.5 Å². The third kappa shape index (κ3) is 5.74. The first-order chi connectivity index (χ1) is 15.5. The molecule has 3 aromatic carbocycles. The van der Waals surface area contributed by atoms with Crippen molar-refractivity contribution in [2.45, 2.75) is 13.1 Å². The highest BCUT2D eigenvalue weighted by atomic mass is 35.5. The van der Waals surface area contributed by atoms with Crippen LogP contribution in [0.4, 0.5) is 24.5 Å². The van der Waals surface area contributed by atoms with Gasteiger partial charge in [0.1, 0.15) is 0 Å². The largest absolute Gasteiger partial charge is 0.493 e. The number of hydrogen-bond acceptors (Lipinski definition) is 5. The van der Waals surface area contributed by atoms with Gasteiger partial charge in [0.05, 0.1) is 28.3 Å². The zero-order valence-electron chi connectivity index (χ0n) is 17.1. The molecular formula is C22H15Cl2F3N2O4. The first-order valence-corrected chi connectivity index (χ1v) is 9.96. The Morgan fingerprint density at radius 3 is 2.42 bits per heavy atom. The molecule has 0 saturated carbocycles. The number of nitro groups is 1. The first-order valence-electron chi connectivity index (χ1n) is 9.21. The smallest absolute Gasteiger partial charge is 0.416 e. The molecule has 0 heterocycles. The van der Waals surface area contributed by atoms with Crippen LogP contribution in [0.2, 0.25) is 10.0 Å². The van der Waals surface area contributed by atoms with Crippen LogP contribution < -0.4 is 9.47 Å². The van der Waals surface area contributed by atoms with Gasteiger partial charge in [-0.1, -0.05) is 29.3 Å². The van der Waals surface area contributed by atoms with E-state index in [4.69, 9.17) is 32.7 Å². The van der Waals surface area contributed by atoms with Crippen molar-refractivity contribution in [3.63, 3.8) is 0 Å². The summed E-state index contributed by atoms with van der Waals surface area (Å²) in [5.74, 6) is -0.428. The van der Waals surface area contributed by atoms with Crippen LogP contribution in [-0.2, 0) is 6.18 Å². The number of ether oxygens (including phenoxy) is 2. The molecule has 0 radical (unpaired) electrons. The lowest BCUT2D eigenvalue weighted by molar-refractivity contribution is -0.385. The van der Waals surface area contributed by atoms with E-state index in [1.807, 2.05) is 13.0 Å². The minimum absolute atomic E-state index is 0.00723. The topological polar surface area (TPSA) is 74.0 Å². The molecule has 3 rings (SSSR count). The molecule has 0 aliphatic heterocycles. The second kappa shape index (κ2) is 9.68. The Kier molecular flexibility index (Phi) is 7.14. The van der Waals surface area contributed by atoms with Gasteiger partial charge in [-0.3, -0.25) is 15.1 Å². The molecule has 0 unspecified atom stereocenters. The number of nitro benzene ring substituents is 1. The lowest BCUT2D eigenvalue weighted by Crippen LogP contribution is -2.06. The predicted molar refractivity (Wildman–Crippen MR) is 120 cm³/mol. The van der Waals surface area contributed by atoms with Gasteiger partial charge in [0.15, 0.2) is 11.5 Å². The van der Waals surface area contributed by atoms with E-state index in [2.05, 4.69) is 4.99 Å². The number of rotatable bonds is 6. The number of methoxy groups -OCH3 is 1. The molecule has 0 saturated heterocycles. The molecular weight excluding hydrogens is 484 g/mol. The minimum Gasteiger partial charge on any atom is -0.493 e. The fourth-order valence-electron chi connectivity index (χ4n) is 2.81. The lowest BCUT2D eigenvalue weighted by atomic mass is 10.1. The highest BCUT2D eigenvalue weighted by molar-refractivity contribution is 6.32. The Bertz CT molecular complexity index is 1250. The second-order valence-electron chi connectivity index (χ2n) is 6.76. The number of alkyl halides is 3. The van der Waals surface area contributed by atoms with Crippen LogP contribution in [0.5, 0.6) is 17.2 Å². The number of halogens is 5. The molecule has 6 nitrogen and oxygen atoms in total. The summed E-state index contributed by atoms with van der Waals surface area (Å²) in [6, 6.07) is 10.2. The van der Waals surface area contributed by atoms with Crippen LogP contribution in [0.25, 0.3) is 0 Å². The highest BCUT2D eigenvalue weighted by Crippen LogP contribution is 2.43. The number of nitrogens with zero attached hydrogens (tertiary/aromatic N) is 2. The number of aliphatic imine (C=N–C) groups is 1. The molecule has 0 amide bonds. The van der Waals surface area contributed by atoms with Gasteiger partial charge in [-0.25, -0.2) is 0 Å². The van der Waals surface area contributed by atoms with Gasteiger partial charge in [0.2, 0.25) is 5.75 Å². The van der Waals surface area contributed by atoms with E-state index in [0.29, 0.717) is 28.4 Å². The van der Waals surface area contributed by atoms with Crippen molar-refractivity contribution < 1.29 is 27.6 Å². The third-order valence-electron chi connectivity index (χ3n) is 4.47. The summed E-state index contributed by atoms with van der Waals surface area (Å²) < 4.78 is 49.6. The van der Waals surface area contributed by atoms with Crippen LogP contribution in [0.15, 0.2) is 53.5 Å². The van der Waals surface area contributed by atoms with E-state index < -0.39 is 28.1 Å². The monoisotopic (exact) mass is 498 g/mol. The van der Waals surface area contributed by atoms with Crippen molar-refractivity contribution in [1.82, 2.24) is 0 Å². The number of hydrogen-bond donors (Lipinski definition) is 0. The molecule has 0 atom stereocenters. The maximum absolute atomic E-state index is 12.9. The van der Waals surface area contributed by atoms with E-state index >= 15 is 0 Å². The van der Waals surface area contributed by atoms with Gasteiger partial charge < -0.3 is 9.47 Å². The van der Waals surface area contributed by atoms with Gasteiger partial charge in [0, 0.05) is 17.3 Å². The third-order valence-corrected chi connectivity index (χ3v) is 4.99. The Balaban J connectivity index is 1.98. The summed E-state index contributed by atoms with van der Waals surface area (Å²) in [5.41, 5.74) is -0.000404. The molecule has 172 valence electrons. The Morgan fingerprint density at radius 1 is 1.06 bits per heavy atom. The molecule has 0 spiro atoms. The summed E-state index contributed by atoms with van der Waals surface area (Å²) in [6.07, 6.45) is -3.24. The van der Waals surface area contributed by atoms with E-state index in [-0.39, 0.29) is 16.5 Å². The first kappa shape index (κ1) is 24.3. The number of benzene rings is 3. The van der Waals surface area contributed by atoms with Crippen LogP contribution in [0.3, 0.4) is 0 Å². The molecule has 11 heteroatoms. The lowest BCUT2D eigenvalue weighted by Gasteiger charge is -2.14. The maximum Gasteiger partial charge on any atom is 0.416 e. The molecule has 0 fully saturated rings. The normalized spacial score (nSPS) is 11.6. The predicted octanol–water partition coefficient (Wildman–Crippen LogP) is 7.78. The summed E-state index contributed by atoms with van der Waals surface area (Å²) in [7, 11) is 1.32. The molecule has 0 aromatic heterocycles. The van der Waals surface area contributed by atoms with E-state index in [9.17, 15) is 23.3 Å². The van der Waals surface area contributed by atoms with E-state index in [0.717, 1.165) is 11.6 Å². The van der Waals surface area contributed by atoms with Gasteiger partial charge >= 0.3 is 11.9 Å². The molecule has 33 heavy (non-hydrogen) atoms. The quantitative estimate of drug-likeness (QED) is 0.197. The minimum atomic E-state index is -4.75. The average molecular weight is 499 g/mol. The van der Waals surface area contributed by atoms with Crippen molar-refractivity contribution in [2.75, 3.05) is 7.11 Å². The number of aryl methyl sites for hydroxylation is 1. The van der Waals surface area contributed by atoms with Gasteiger partial charge in [-0.2, -0.15) is 13.2 Å². The van der Waals surface area contributed by atoms with Crippen molar-refractivity contribution >= 4 is 40.8 Å². The molecule has 0 aliphatic rings. The van der Waals surface area contributed by atoms with Crippen molar-refractivity contribution in [3.8, 4) is 17.2 Å². The Labute approximate surface area is 196 Å². The summed E-state index contributed by atoms with van der Waals surface area (Å²) in [4.78, 5) is 14.7. The Morgan fingerprint density at radius 2 is 1.79 bits per heavy atom. The maximum atomic E-state index is 12.9. The second-order valence-corrected chi connectivity index (χ2v) is 7.61. The van der Waals surface area contributed by atoms with Crippen molar-refractivity contribution in [1.29, 1.82) is 0 Å². The molecule has 0 N–H and O–H groups in total. The van der Waals surface area contributed by atoms with Crippen LogP contribution >= 0.6 is 23.2 Å². The fourth-order valence-corrected chi connectivity index (χ4v) is 3.24. The van der Waals surface area contributed by atoms with Crippen molar-refractivity contribution in [2.24, 2.45) is 4.99 Å². The summed E-state index contributed by atoms with van der Waals surface area (Å²) in [5, 5.41) is 11.8. The molecule has 0 bridgehead atoms. The zero-order valence-corrected chi connectivity index (χ0v) is 18.6. The zero-order chi connectivity index (χ0) is 24.3. The fraction of sp³-hybridized carbons (Fsp3) is 0.136. The average Bonchev–Trinajstić information content (AvgIpc) is 2.75. The molecule has 0 aliphatic carbocycles. The van der Waals surface area contributed by atoms with Crippen LogP contribution in [-0.4, -0.2) is 18.2 Å².